The number of amides is 1. The monoisotopic (exact) mass is 312 g/mol. The molecule has 1 aromatic heterocycles. The molecule has 0 aliphatic rings. The van der Waals surface area contributed by atoms with Crippen LogP contribution in [0, 0.1) is 5.82 Å². The Hall–Kier alpha value is -2.69. The molecule has 5 heteroatoms. The van der Waals surface area contributed by atoms with Crippen molar-refractivity contribution in [1.29, 1.82) is 0 Å². The fourth-order valence-electron chi connectivity index (χ4n) is 2.37. The maximum Gasteiger partial charge on any atom is 0.220 e. The second-order valence-corrected chi connectivity index (χ2v) is 5.31. The van der Waals surface area contributed by atoms with Gasteiger partial charge in [-0.1, -0.05) is 24.3 Å². The normalized spacial score (nSPS) is 10.8. The van der Waals surface area contributed by atoms with Crippen LogP contribution in [0.25, 0.3) is 11.1 Å². The number of hydrogen-bond acceptors (Lipinski definition) is 3. The van der Waals surface area contributed by atoms with Crippen molar-refractivity contribution in [3.8, 4) is 0 Å². The molecule has 4 nitrogen and oxygen atoms in total. The molecule has 0 spiro atoms. The van der Waals surface area contributed by atoms with Crippen molar-refractivity contribution >= 4 is 17.0 Å². The van der Waals surface area contributed by atoms with Crippen LogP contribution in [0.3, 0.4) is 0 Å². The quantitative estimate of drug-likeness (QED) is 0.760. The number of oxazole rings is 1. The van der Waals surface area contributed by atoms with Crippen molar-refractivity contribution < 1.29 is 13.6 Å². The third kappa shape index (κ3) is 4.16. The van der Waals surface area contributed by atoms with Gasteiger partial charge in [0.1, 0.15) is 11.3 Å². The van der Waals surface area contributed by atoms with E-state index >= 15 is 0 Å². The van der Waals surface area contributed by atoms with E-state index < -0.39 is 0 Å². The SMILES string of the molecule is O=C(CCc1cccc(F)c1)NCCc1nc2ccccc2o1. The number of halogens is 1. The lowest BCUT2D eigenvalue weighted by atomic mass is 10.1. The Morgan fingerprint density at radius 3 is 2.83 bits per heavy atom. The summed E-state index contributed by atoms with van der Waals surface area (Å²) in [5, 5.41) is 2.83. The van der Waals surface area contributed by atoms with E-state index in [0.717, 1.165) is 16.7 Å². The Balaban J connectivity index is 1.44. The van der Waals surface area contributed by atoms with E-state index in [4.69, 9.17) is 4.42 Å². The van der Waals surface area contributed by atoms with E-state index in [9.17, 15) is 9.18 Å². The average molecular weight is 312 g/mol. The van der Waals surface area contributed by atoms with Crippen molar-refractivity contribution in [2.24, 2.45) is 0 Å². The zero-order chi connectivity index (χ0) is 16.1. The number of carbonyl (C=O) groups is 1. The molecule has 3 rings (SSSR count). The van der Waals surface area contributed by atoms with Crippen LogP contribution < -0.4 is 5.32 Å². The molecule has 0 unspecified atom stereocenters. The third-order valence-corrected chi connectivity index (χ3v) is 3.53. The van der Waals surface area contributed by atoms with Crippen molar-refractivity contribution in [1.82, 2.24) is 10.3 Å². The number of benzene rings is 2. The van der Waals surface area contributed by atoms with Crippen molar-refractivity contribution in [3.05, 3.63) is 65.8 Å². The number of nitrogens with zero attached hydrogens (tertiary/aromatic N) is 1. The maximum atomic E-state index is 13.1. The van der Waals surface area contributed by atoms with E-state index in [1.54, 1.807) is 6.07 Å². The fourth-order valence-corrected chi connectivity index (χ4v) is 2.37. The van der Waals surface area contributed by atoms with Gasteiger partial charge in [0.25, 0.3) is 0 Å². The first-order valence-corrected chi connectivity index (χ1v) is 7.56. The number of fused-ring (bicyclic) bond motifs is 1. The van der Waals surface area contributed by atoms with Gasteiger partial charge in [0, 0.05) is 19.4 Å². The standard InChI is InChI=1S/C18H17FN2O2/c19-14-5-3-4-13(12-14)8-9-17(22)20-11-10-18-21-15-6-1-2-7-16(15)23-18/h1-7,12H,8-11H2,(H,20,22). The van der Waals surface area contributed by atoms with Gasteiger partial charge < -0.3 is 9.73 Å². The zero-order valence-corrected chi connectivity index (χ0v) is 12.6. The van der Waals surface area contributed by atoms with Gasteiger partial charge in [0.05, 0.1) is 0 Å². The molecule has 0 saturated carbocycles. The maximum absolute atomic E-state index is 13.1. The van der Waals surface area contributed by atoms with Gasteiger partial charge >= 0.3 is 0 Å². The molecule has 0 aliphatic heterocycles. The van der Waals surface area contributed by atoms with E-state index in [1.165, 1.54) is 12.1 Å². The van der Waals surface area contributed by atoms with Crippen LogP contribution >= 0.6 is 0 Å². The summed E-state index contributed by atoms with van der Waals surface area (Å²) in [5.74, 6) is 0.265. The highest BCUT2D eigenvalue weighted by Crippen LogP contribution is 2.14. The summed E-state index contributed by atoms with van der Waals surface area (Å²) in [6, 6.07) is 13.9. The van der Waals surface area contributed by atoms with E-state index in [2.05, 4.69) is 10.3 Å². The minimum atomic E-state index is -0.279. The number of aromatic nitrogens is 1. The van der Waals surface area contributed by atoms with Crippen molar-refractivity contribution in [2.75, 3.05) is 6.54 Å². The molecule has 0 aliphatic carbocycles. The van der Waals surface area contributed by atoms with Gasteiger partial charge in [0.15, 0.2) is 11.5 Å². The molecule has 0 saturated heterocycles. The number of rotatable bonds is 6. The molecule has 23 heavy (non-hydrogen) atoms. The van der Waals surface area contributed by atoms with Crippen molar-refractivity contribution in [3.63, 3.8) is 0 Å². The summed E-state index contributed by atoms with van der Waals surface area (Å²) < 4.78 is 18.6. The highest BCUT2D eigenvalue weighted by molar-refractivity contribution is 5.76. The smallest absolute Gasteiger partial charge is 0.220 e. The van der Waals surface area contributed by atoms with E-state index in [1.807, 2.05) is 30.3 Å². The van der Waals surface area contributed by atoms with Crippen LogP contribution in [0.2, 0.25) is 0 Å². The fraction of sp³-hybridized carbons (Fsp3) is 0.222. The summed E-state index contributed by atoms with van der Waals surface area (Å²) in [4.78, 5) is 16.2. The van der Waals surface area contributed by atoms with Crippen LogP contribution in [0.4, 0.5) is 4.39 Å². The van der Waals surface area contributed by atoms with Crippen LogP contribution in [-0.2, 0) is 17.6 Å². The van der Waals surface area contributed by atoms with Gasteiger partial charge in [-0.15, -0.1) is 0 Å². The number of aryl methyl sites for hydroxylation is 1. The minimum Gasteiger partial charge on any atom is -0.441 e. The first-order chi connectivity index (χ1) is 11.2. The summed E-state index contributed by atoms with van der Waals surface area (Å²) in [6.07, 6.45) is 1.39. The molecule has 1 amide bonds. The Bertz CT molecular complexity index is 780. The average Bonchev–Trinajstić information content (AvgIpc) is 2.96. The molecule has 0 atom stereocenters. The number of hydrogen-bond donors (Lipinski definition) is 1. The lowest BCUT2D eigenvalue weighted by Gasteiger charge is -2.04. The molecule has 0 fully saturated rings. The number of para-hydroxylation sites is 2. The number of nitrogens with one attached hydrogen (secondary N) is 1. The topological polar surface area (TPSA) is 55.1 Å². The highest BCUT2D eigenvalue weighted by atomic mass is 19.1. The summed E-state index contributed by atoms with van der Waals surface area (Å²) in [5.41, 5.74) is 2.39. The summed E-state index contributed by atoms with van der Waals surface area (Å²) in [7, 11) is 0. The molecule has 118 valence electrons. The van der Waals surface area contributed by atoms with E-state index in [-0.39, 0.29) is 11.7 Å². The zero-order valence-electron chi connectivity index (χ0n) is 12.6. The Kier molecular flexibility index (Phi) is 4.66. The van der Waals surface area contributed by atoms with Gasteiger partial charge in [0.2, 0.25) is 5.91 Å². The predicted molar refractivity (Wildman–Crippen MR) is 85.4 cm³/mol. The molecular weight excluding hydrogens is 295 g/mol. The Morgan fingerprint density at radius 2 is 2.00 bits per heavy atom. The van der Waals surface area contributed by atoms with Crippen LogP contribution in [-0.4, -0.2) is 17.4 Å². The van der Waals surface area contributed by atoms with Gasteiger partial charge in [-0.25, -0.2) is 9.37 Å². The molecule has 0 bridgehead atoms. The molecule has 1 heterocycles. The van der Waals surface area contributed by atoms with Crippen LogP contribution in [0.15, 0.2) is 52.9 Å². The molecule has 2 aromatic carbocycles. The van der Waals surface area contributed by atoms with Crippen LogP contribution in [0.5, 0.6) is 0 Å². The minimum absolute atomic E-state index is 0.0645. The first kappa shape index (κ1) is 15.2. The molecular formula is C18H17FN2O2. The summed E-state index contributed by atoms with van der Waals surface area (Å²) in [6.45, 7) is 0.467. The molecule has 3 aromatic rings. The largest absolute Gasteiger partial charge is 0.441 e. The second kappa shape index (κ2) is 7.05. The molecule has 1 N–H and O–H groups in total. The summed E-state index contributed by atoms with van der Waals surface area (Å²) >= 11 is 0. The lowest BCUT2D eigenvalue weighted by Crippen LogP contribution is -2.25. The van der Waals surface area contributed by atoms with Gasteiger partial charge in [-0.3, -0.25) is 4.79 Å². The van der Waals surface area contributed by atoms with E-state index in [0.29, 0.717) is 31.7 Å². The Morgan fingerprint density at radius 1 is 1.13 bits per heavy atom. The van der Waals surface area contributed by atoms with Gasteiger partial charge in [-0.05, 0) is 36.2 Å². The molecule has 0 radical (unpaired) electrons. The predicted octanol–water partition coefficient (Wildman–Crippen LogP) is 3.26. The van der Waals surface area contributed by atoms with Crippen molar-refractivity contribution in [2.45, 2.75) is 19.3 Å². The third-order valence-electron chi connectivity index (χ3n) is 3.53. The van der Waals surface area contributed by atoms with Gasteiger partial charge in [-0.2, -0.15) is 0 Å². The highest BCUT2D eigenvalue weighted by Gasteiger charge is 2.06. The Labute approximate surface area is 133 Å². The lowest BCUT2D eigenvalue weighted by molar-refractivity contribution is -0.121. The first-order valence-electron chi connectivity index (χ1n) is 7.56. The second-order valence-electron chi connectivity index (χ2n) is 5.31. The van der Waals surface area contributed by atoms with Crippen LogP contribution in [0.1, 0.15) is 17.9 Å². The number of carbonyl (C=O) groups excluding carboxylic acids is 1.